The van der Waals surface area contributed by atoms with E-state index < -0.39 is 0 Å². The zero-order valence-corrected chi connectivity index (χ0v) is 12.1. The van der Waals surface area contributed by atoms with Crippen molar-refractivity contribution in [3.05, 3.63) is 34.6 Å². The molecule has 0 saturated carbocycles. The van der Waals surface area contributed by atoms with Gasteiger partial charge in [-0.2, -0.15) is 0 Å². The van der Waals surface area contributed by atoms with Gasteiger partial charge in [0.15, 0.2) is 0 Å². The third-order valence-corrected chi connectivity index (χ3v) is 3.05. The third kappa shape index (κ3) is 4.92. The smallest absolute Gasteiger partial charge is 0.142 e. The molecule has 1 rings (SSSR count). The van der Waals surface area contributed by atoms with Crippen molar-refractivity contribution in [2.75, 3.05) is 13.7 Å². The van der Waals surface area contributed by atoms with Crippen LogP contribution in [0.3, 0.4) is 0 Å². The van der Waals surface area contributed by atoms with E-state index >= 15 is 0 Å². The van der Waals surface area contributed by atoms with Gasteiger partial charge in [0.05, 0.1) is 17.2 Å². The molecule has 0 aliphatic heterocycles. The van der Waals surface area contributed by atoms with Gasteiger partial charge in [-0.15, -0.1) is 0 Å². The summed E-state index contributed by atoms with van der Waals surface area (Å²) in [6.07, 6.45) is 0.642. The molecular formula is C14H21ClFNO. The maximum atomic E-state index is 13.3. The first-order chi connectivity index (χ1) is 8.33. The summed E-state index contributed by atoms with van der Waals surface area (Å²) in [7, 11) is 1.86. The Kier molecular flexibility index (Phi) is 5.57. The molecule has 0 aromatic heterocycles. The summed E-state index contributed by atoms with van der Waals surface area (Å²) in [5.41, 5.74) is 0.620. The second-order valence-electron chi connectivity index (χ2n) is 5.33. The average Bonchev–Trinajstić information content (AvgIpc) is 2.28. The Balaban J connectivity index is 2.65. The third-order valence-electron chi connectivity index (χ3n) is 2.62. The molecule has 0 aliphatic carbocycles. The molecule has 0 amide bonds. The fraction of sp³-hybridized carbons (Fsp3) is 0.571. The molecule has 0 radical (unpaired) electrons. The van der Waals surface area contributed by atoms with Gasteiger partial charge in [-0.1, -0.05) is 23.7 Å². The summed E-state index contributed by atoms with van der Waals surface area (Å²) in [6, 6.07) is 5.00. The molecule has 0 bridgehead atoms. The molecule has 0 aliphatic rings. The summed E-state index contributed by atoms with van der Waals surface area (Å²) in [5, 5.41) is 3.37. The molecule has 1 atom stereocenters. The van der Waals surface area contributed by atoms with Gasteiger partial charge in [0.1, 0.15) is 5.82 Å². The number of nitrogens with one attached hydrogen (secondary N) is 1. The molecule has 2 nitrogen and oxygen atoms in total. The number of benzene rings is 1. The quantitative estimate of drug-likeness (QED) is 0.888. The molecule has 0 fully saturated rings. The van der Waals surface area contributed by atoms with E-state index in [1.54, 1.807) is 6.07 Å². The summed E-state index contributed by atoms with van der Waals surface area (Å²) in [6.45, 7) is 6.59. The second kappa shape index (κ2) is 6.50. The Labute approximate surface area is 113 Å². The van der Waals surface area contributed by atoms with Crippen LogP contribution in [-0.4, -0.2) is 25.3 Å². The zero-order chi connectivity index (χ0) is 13.8. The monoisotopic (exact) mass is 273 g/mol. The molecule has 1 aromatic rings. The number of hydrogen-bond acceptors (Lipinski definition) is 2. The number of hydrogen-bond donors (Lipinski definition) is 1. The van der Waals surface area contributed by atoms with Crippen LogP contribution < -0.4 is 5.32 Å². The van der Waals surface area contributed by atoms with E-state index in [9.17, 15) is 4.39 Å². The van der Waals surface area contributed by atoms with Crippen molar-refractivity contribution in [1.29, 1.82) is 0 Å². The minimum atomic E-state index is -0.374. The largest absolute Gasteiger partial charge is 0.374 e. The van der Waals surface area contributed by atoms with Crippen LogP contribution in [0.25, 0.3) is 0 Å². The molecule has 1 N–H and O–H groups in total. The SMILES string of the molecule is CNC(COC(C)(C)C)Cc1cccc(F)c1Cl. The lowest BCUT2D eigenvalue weighted by Crippen LogP contribution is -2.36. The molecule has 1 unspecified atom stereocenters. The van der Waals surface area contributed by atoms with Crippen LogP contribution in [0.1, 0.15) is 26.3 Å². The Bertz CT molecular complexity index is 390. The van der Waals surface area contributed by atoms with E-state index in [-0.39, 0.29) is 22.5 Å². The van der Waals surface area contributed by atoms with Crippen LogP contribution in [-0.2, 0) is 11.2 Å². The Morgan fingerprint density at radius 1 is 1.39 bits per heavy atom. The minimum absolute atomic E-state index is 0.114. The molecule has 102 valence electrons. The maximum absolute atomic E-state index is 13.3. The lowest BCUT2D eigenvalue weighted by atomic mass is 10.1. The van der Waals surface area contributed by atoms with Crippen molar-refractivity contribution < 1.29 is 9.13 Å². The van der Waals surface area contributed by atoms with Gasteiger partial charge in [-0.05, 0) is 45.9 Å². The Morgan fingerprint density at radius 3 is 2.61 bits per heavy atom. The van der Waals surface area contributed by atoms with E-state index in [1.165, 1.54) is 6.07 Å². The second-order valence-corrected chi connectivity index (χ2v) is 5.70. The van der Waals surface area contributed by atoms with E-state index in [1.807, 2.05) is 33.9 Å². The Hall–Kier alpha value is -0.640. The predicted molar refractivity (Wildman–Crippen MR) is 73.7 cm³/mol. The highest BCUT2D eigenvalue weighted by molar-refractivity contribution is 6.31. The van der Waals surface area contributed by atoms with Gasteiger partial charge in [0.25, 0.3) is 0 Å². The van der Waals surface area contributed by atoms with Crippen molar-refractivity contribution in [1.82, 2.24) is 5.32 Å². The topological polar surface area (TPSA) is 21.3 Å². The predicted octanol–water partition coefficient (Wildman–Crippen LogP) is 3.42. The van der Waals surface area contributed by atoms with Crippen molar-refractivity contribution in [2.24, 2.45) is 0 Å². The normalized spacial score (nSPS) is 13.7. The molecule has 0 spiro atoms. The number of likely N-dealkylation sites (N-methyl/N-ethyl adjacent to an activating group) is 1. The minimum Gasteiger partial charge on any atom is -0.374 e. The molecule has 4 heteroatoms. The Morgan fingerprint density at radius 2 is 2.06 bits per heavy atom. The van der Waals surface area contributed by atoms with Crippen LogP contribution in [0, 0.1) is 5.82 Å². The highest BCUT2D eigenvalue weighted by atomic mass is 35.5. The van der Waals surface area contributed by atoms with Gasteiger partial charge >= 0.3 is 0 Å². The summed E-state index contributed by atoms with van der Waals surface area (Å²) in [5.74, 6) is -0.374. The zero-order valence-electron chi connectivity index (χ0n) is 11.4. The number of rotatable bonds is 5. The molecule has 0 saturated heterocycles. The van der Waals surface area contributed by atoms with E-state index in [2.05, 4.69) is 5.32 Å². The van der Waals surface area contributed by atoms with Gasteiger partial charge in [-0.3, -0.25) is 0 Å². The molecule has 0 heterocycles. The number of halogens is 2. The van der Waals surface area contributed by atoms with Crippen molar-refractivity contribution in [3.63, 3.8) is 0 Å². The average molecular weight is 274 g/mol. The van der Waals surface area contributed by atoms with Gasteiger partial charge in [-0.25, -0.2) is 4.39 Å². The van der Waals surface area contributed by atoms with Gasteiger partial charge < -0.3 is 10.1 Å². The van der Waals surface area contributed by atoms with E-state index in [0.717, 1.165) is 5.56 Å². The van der Waals surface area contributed by atoms with Crippen LogP contribution in [0.5, 0.6) is 0 Å². The highest BCUT2D eigenvalue weighted by Gasteiger charge is 2.16. The van der Waals surface area contributed by atoms with Crippen molar-refractivity contribution in [3.8, 4) is 0 Å². The summed E-state index contributed by atoms with van der Waals surface area (Å²) >= 11 is 5.94. The van der Waals surface area contributed by atoms with Crippen molar-refractivity contribution in [2.45, 2.75) is 38.8 Å². The van der Waals surface area contributed by atoms with Gasteiger partial charge in [0.2, 0.25) is 0 Å². The first-order valence-corrected chi connectivity index (χ1v) is 6.45. The lowest BCUT2D eigenvalue weighted by Gasteiger charge is -2.24. The van der Waals surface area contributed by atoms with E-state index in [0.29, 0.717) is 13.0 Å². The van der Waals surface area contributed by atoms with Crippen molar-refractivity contribution >= 4 is 11.6 Å². The van der Waals surface area contributed by atoms with Gasteiger partial charge in [0, 0.05) is 6.04 Å². The first kappa shape index (κ1) is 15.4. The summed E-state index contributed by atoms with van der Waals surface area (Å²) < 4.78 is 19.1. The number of ether oxygens (including phenoxy) is 1. The molecule has 18 heavy (non-hydrogen) atoms. The summed E-state index contributed by atoms with van der Waals surface area (Å²) in [4.78, 5) is 0. The standard InChI is InChI=1S/C14H21ClFNO/c1-14(2,3)18-9-11(17-4)8-10-6-5-7-12(16)13(10)15/h5-7,11,17H,8-9H2,1-4H3. The van der Waals surface area contributed by atoms with E-state index in [4.69, 9.17) is 16.3 Å². The fourth-order valence-electron chi connectivity index (χ4n) is 1.57. The van der Waals surface area contributed by atoms with Crippen LogP contribution in [0.4, 0.5) is 4.39 Å². The van der Waals surface area contributed by atoms with Crippen LogP contribution in [0.15, 0.2) is 18.2 Å². The molecule has 1 aromatic carbocycles. The highest BCUT2D eigenvalue weighted by Crippen LogP contribution is 2.21. The van der Waals surface area contributed by atoms with Crippen LogP contribution in [0.2, 0.25) is 5.02 Å². The lowest BCUT2D eigenvalue weighted by molar-refractivity contribution is -0.0134. The fourth-order valence-corrected chi connectivity index (χ4v) is 1.77. The first-order valence-electron chi connectivity index (χ1n) is 6.07. The maximum Gasteiger partial charge on any atom is 0.142 e. The van der Waals surface area contributed by atoms with Crippen LogP contribution >= 0.6 is 11.6 Å². The molecular weight excluding hydrogens is 253 g/mol.